The van der Waals surface area contributed by atoms with Gasteiger partial charge < -0.3 is 24.0 Å². The zero-order chi connectivity index (χ0) is 29.4. The van der Waals surface area contributed by atoms with Crippen LogP contribution in [0.15, 0.2) is 47.4 Å². The van der Waals surface area contributed by atoms with Crippen LogP contribution in [0.25, 0.3) is 11.0 Å². The van der Waals surface area contributed by atoms with Gasteiger partial charge in [0.25, 0.3) is 11.3 Å². The SMILES string of the molecule is Cc1nc(N(c2cc3c(cc2Oc2cccc(OCC4CCN(C(=O)O)CC4)c2)n(C)c(=O)n3C)S(=O)O)cn1C. The maximum absolute atomic E-state index is 12.7. The number of benzene rings is 2. The van der Waals surface area contributed by atoms with Gasteiger partial charge in [0.2, 0.25) is 0 Å². The Bertz CT molecular complexity index is 1670. The van der Waals surface area contributed by atoms with Crippen LogP contribution in [0.2, 0.25) is 0 Å². The fourth-order valence-corrected chi connectivity index (χ4v) is 5.50. The minimum atomic E-state index is -2.51. The van der Waals surface area contributed by atoms with E-state index in [4.69, 9.17) is 14.6 Å². The van der Waals surface area contributed by atoms with Gasteiger partial charge in [0.15, 0.2) is 11.6 Å². The van der Waals surface area contributed by atoms with E-state index in [0.717, 1.165) is 17.1 Å². The van der Waals surface area contributed by atoms with Crippen molar-refractivity contribution in [3.8, 4) is 17.2 Å². The van der Waals surface area contributed by atoms with E-state index in [2.05, 4.69) is 4.98 Å². The highest BCUT2D eigenvalue weighted by molar-refractivity contribution is 7.81. The molecule has 1 saturated heterocycles. The Kier molecular flexibility index (Phi) is 7.78. The minimum absolute atomic E-state index is 0.235. The number of carbonyl (C=O) groups is 1. The molecule has 1 aliphatic rings. The average molecular weight is 585 g/mol. The lowest BCUT2D eigenvalue weighted by atomic mass is 9.98. The number of hydrogen-bond donors (Lipinski definition) is 2. The molecule has 1 amide bonds. The summed E-state index contributed by atoms with van der Waals surface area (Å²) < 4.78 is 41.2. The van der Waals surface area contributed by atoms with Crippen LogP contribution in [-0.2, 0) is 32.4 Å². The van der Waals surface area contributed by atoms with E-state index in [9.17, 15) is 18.4 Å². The Morgan fingerprint density at radius 3 is 2.37 bits per heavy atom. The second-order valence-electron chi connectivity index (χ2n) is 10.1. The number of nitrogens with zero attached hydrogens (tertiary/aromatic N) is 6. The van der Waals surface area contributed by atoms with Crippen molar-refractivity contribution in [2.24, 2.45) is 27.1 Å². The van der Waals surface area contributed by atoms with Crippen LogP contribution in [0.3, 0.4) is 0 Å². The normalized spacial score (nSPS) is 14.8. The van der Waals surface area contributed by atoms with Gasteiger partial charge in [0, 0.05) is 52.6 Å². The summed E-state index contributed by atoms with van der Waals surface area (Å²) in [6.45, 7) is 3.19. The number of piperidine rings is 1. The first-order valence-corrected chi connectivity index (χ1v) is 14.1. The molecule has 4 aromatic rings. The van der Waals surface area contributed by atoms with Gasteiger partial charge in [-0.2, -0.15) is 0 Å². The van der Waals surface area contributed by atoms with E-state index in [-0.39, 0.29) is 28.9 Å². The highest BCUT2D eigenvalue weighted by Gasteiger charge is 2.26. The van der Waals surface area contributed by atoms with Gasteiger partial charge in [-0.25, -0.2) is 23.1 Å². The number of anilines is 2. The molecule has 218 valence electrons. The van der Waals surface area contributed by atoms with Crippen LogP contribution in [0.1, 0.15) is 18.7 Å². The lowest BCUT2D eigenvalue weighted by Gasteiger charge is -2.29. The first-order valence-electron chi connectivity index (χ1n) is 13.0. The summed E-state index contributed by atoms with van der Waals surface area (Å²) in [5.41, 5.74) is 1.12. The molecule has 13 nitrogen and oxygen atoms in total. The molecule has 1 unspecified atom stereocenters. The van der Waals surface area contributed by atoms with E-state index in [1.54, 1.807) is 75.2 Å². The number of ether oxygens (including phenoxy) is 2. The number of likely N-dealkylation sites (tertiary alicyclic amines) is 1. The molecule has 2 aromatic carbocycles. The van der Waals surface area contributed by atoms with Gasteiger partial charge in [-0.15, -0.1) is 0 Å². The molecular formula is C27H32N6O7S. The topological polar surface area (TPSA) is 144 Å². The number of fused-ring (bicyclic) bond motifs is 1. The predicted octanol–water partition coefficient (Wildman–Crippen LogP) is 3.75. The first-order chi connectivity index (χ1) is 19.5. The van der Waals surface area contributed by atoms with Gasteiger partial charge in [-0.3, -0.25) is 13.7 Å². The van der Waals surface area contributed by atoms with E-state index in [1.165, 1.54) is 14.0 Å². The van der Waals surface area contributed by atoms with Crippen LogP contribution >= 0.6 is 0 Å². The molecule has 0 bridgehead atoms. The summed E-state index contributed by atoms with van der Waals surface area (Å²) in [7, 11) is 5.06. The summed E-state index contributed by atoms with van der Waals surface area (Å²) in [5.74, 6) is 2.35. The number of carboxylic acid groups (broad SMARTS) is 1. The number of amides is 1. The molecule has 0 saturated carbocycles. The summed E-state index contributed by atoms with van der Waals surface area (Å²) in [6, 6.07) is 10.3. The van der Waals surface area contributed by atoms with Gasteiger partial charge in [-0.1, -0.05) is 6.07 Å². The smallest absolute Gasteiger partial charge is 0.407 e. The summed E-state index contributed by atoms with van der Waals surface area (Å²) in [5, 5.41) is 9.16. The third kappa shape index (κ3) is 5.65. The fraction of sp³-hybridized carbons (Fsp3) is 0.370. The summed E-state index contributed by atoms with van der Waals surface area (Å²) >= 11 is -2.51. The molecule has 1 aliphatic heterocycles. The largest absolute Gasteiger partial charge is 0.493 e. The van der Waals surface area contributed by atoms with E-state index in [1.807, 2.05) is 0 Å². The standard InChI is InChI=1S/C27H32N6O7S/c1-17-28-25(15-29(17)2)33(41(37)38)23-13-21-22(31(4)26(34)30(21)3)14-24(23)40-20-7-5-6-19(12-20)39-16-18-8-10-32(11-9-18)27(35)36/h5-7,12-15,18H,8-11,16H2,1-4H3,(H,35,36)(H,37,38). The highest BCUT2D eigenvalue weighted by atomic mass is 32.2. The highest BCUT2D eigenvalue weighted by Crippen LogP contribution is 2.40. The fourth-order valence-electron chi connectivity index (χ4n) is 4.94. The molecule has 0 radical (unpaired) electrons. The molecule has 0 aliphatic carbocycles. The van der Waals surface area contributed by atoms with Crippen LogP contribution in [0.5, 0.6) is 17.2 Å². The monoisotopic (exact) mass is 584 g/mol. The lowest BCUT2D eigenvalue weighted by Crippen LogP contribution is -2.38. The average Bonchev–Trinajstić information content (AvgIpc) is 3.37. The van der Waals surface area contributed by atoms with E-state index < -0.39 is 17.4 Å². The summed E-state index contributed by atoms with van der Waals surface area (Å²) in [6.07, 6.45) is 2.19. The Hall–Kier alpha value is -4.30. The molecule has 1 atom stereocenters. The Morgan fingerprint density at radius 2 is 1.76 bits per heavy atom. The Morgan fingerprint density at radius 1 is 1.10 bits per heavy atom. The van der Waals surface area contributed by atoms with Crippen LogP contribution < -0.4 is 19.5 Å². The van der Waals surface area contributed by atoms with Gasteiger partial charge >= 0.3 is 11.8 Å². The third-order valence-corrected chi connectivity index (χ3v) is 8.13. The molecule has 5 rings (SSSR count). The van der Waals surface area contributed by atoms with Crippen molar-refractivity contribution in [1.29, 1.82) is 0 Å². The molecule has 3 heterocycles. The van der Waals surface area contributed by atoms with Crippen LogP contribution in [0.4, 0.5) is 16.3 Å². The van der Waals surface area contributed by atoms with Crippen molar-refractivity contribution in [2.75, 3.05) is 24.0 Å². The van der Waals surface area contributed by atoms with Crippen molar-refractivity contribution < 1.29 is 28.1 Å². The Balaban J connectivity index is 1.46. The number of aromatic nitrogens is 4. The van der Waals surface area contributed by atoms with Crippen molar-refractivity contribution in [3.63, 3.8) is 0 Å². The number of aryl methyl sites for hydroxylation is 4. The van der Waals surface area contributed by atoms with Crippen molar-refractivity contribution in [3.05, 3.63) is 58.9 Å². The second-order valence-corrected chi connectivity index (χ2v) is 10.9. The van der Waals surface area contributed by atoms with Crippen molar-refractivity contribution in [2.45, 2.75) is 19.8 Å². The van der Waals surface area contributed by atoms with Gasteiger partial charge in [0.1, 0.15) is 23.0 Å². The van der Waals surface area contributed by atoms with Crippen LogP contribution in [0, 0.1) is 12.8 Å². The zero-order valence-electron chi connectivity index (χ0n) is 23.2. The molecule has 41 heavy (non-hydrogen) atoms. The number of imidazole rings is 2. The second kappa shape index (κ2) is 11.3. The zero-order valence-corrected chi connectivity index (χ0v) is 24.0. The molecule has 0 spiro atoms. The molecular weight excluding hydrogens is 552 g/mol. The van der Waals surface area contributed by atoms with Crippen molar-refractivity contribution >= 4 is 39.9 Å². The third-order valence-electron chi connectivity index (χ3n) is 7.44. The quantitative estimate of drug-likeness (QED) is 0.298. The predicted molar refractivity (Wildman–Crippen MR) is 153 cm³/mol. The maximum Gasteiger partial charge on any atom is 0.407 e. The van der Waals surface area contributed by atoms with E-state index in [0.29, 0.717) is 48.1 Å². The maximum atomic E-state index is 12.7. The number of rotatable bonds is 8. The first kappa shape index (κ1) is 28.2. The van der Waals surface area contributed by atoms with Crippen molar-refractivity contribution in [1.82, 2.24) is 23.6 Å². The molecule has 2 aromatic heterocycles. The molecule has 14 heteroatoms. The number of hydrogen-bond acceptors (Lipinski definition) is 6. The molecule has 1 fully saturated rings. The van der Waals surface area contributed by atoms with Gasteiger partial charge in [0.05, 0.1) is 17.6 Å². The van der Waals surface area contributed by atoms with E-state index >= 15 is 0 Å². The lowest BCUT2D eigenvalue weighted by molar-refractivity contribution is 0.111. The Labute approximate surface area is 238 Å². The molecule has 2 N–H and O–H groups in total. The van der Waals surface area contributed by atoms with Crippen LogP contribution in [-0.4, -0.2) is 63.2 Å². The van der Waals surface area contributed by atoms with Gasteiger partial charge in [-0.05, 0) is 43.9 Å². The summed E-state index contributed by atoms with van der Waals surface area (Å²) in [4.78, 5) is 29.7. The minimum Gasteiger partial charge on any atom is -0.493 e.